The molecule has 1 aliphatic heterocycles. The van der Waals surface area contributed by atoms with E-state index in [2.05, 4.69) is 15.4 Å². The second-order valence-corrected chi connectivity index (χ2v) is 10.4. The van der Waals surface area contributed by atoms with Crippen LogP contribution in [0.4, 0.5) is 20.8 Å². The maximum Gasteiger partial charge on any atom is 0.410 e. The van der Waals surface area contributed by atoms with E-state index in [1.807, 2.05) is 56.0 Å². The standard InChI is InChI=1S/C29H32FN5O3/c1-29(2,3)38-28(36)34-16-6-5-9-25(34)19-10-12-20(13-11-19)31-27-32-26-23(8-7-17-35(26)33-27)22-15-14-21(37-4)18-24(22)30/h7-8,10-15,17-18,25H,5-6,9,16H2,1-4H3,(H,31,33). The number of benzene rings is 2. The summed E-state index contributed by atoms with van der Waals surface area (Å²) >= 11 is 0. The normalized spacial score (nSPS) is 15.9. The summed E-state index contributed by atoms with van der Waals surface area (Å²) in [7, 11) is 1.50. The molecule has 1 N–H and O–H groups in total. The van der Waals surface area contributed by atoms with E-state index in [0.717, 1.165) is 30.5 Å². The summed E-state index contributed by atoms with van der Waals surface area (Å²) in [6, 6.07) is 16.3. The number of methoxy groups -OCH3 is 1. The Morgan fingerprint density at radius 1 is 1.08 bits per heavy atom. The van der Waals surface area contributed by atoms with E-state index >= 15 is 0 Å². The van der Waals surface area contributed by atoms with Crippen molar-refractivity contribution in [1.29, 1.82) is 0 Å². The van der Waals surface area contributed by atoms with Gasteiger partial charge in [0.2, 0.25) is 5.95 Å². The molecule has 2 aromatic carbocycles. The second-order valence-electron chi connectivity index (χ2n) is 10.4. The van der Waals surface area contributed by atoms with Crippen molar-refractivity contribution in [3.63, 3.8) is 0 Å². The van der Waals surface area contributed by atoms with Gasteiger partial charge in [-0.3, -0.25) is 0 Å². The van der Waals surface area contributed by atoms with Crippen LogP contribution < -0.4 is 10.1 Å². The molecular formula is C29H32FN5O3. The molecule has 4 aromatic rings. The average molecular weight is 518 g/mol. The molecule has 0 radical (unpaired) electrons. The summed E-state index contributed by atoms with van der Waals surface area (Å²) in [5, 5.41) is 7.76. The van der Waals surface area contributed by atoms with Crippen LogP contribution in [-0.2, 0) is 4.74 Å². The predicted molar refractivity (Wildman–Crippen MR) is 144 cm³/mol. The molecular weight excluding hydrogens is 485 g/mol. The highest BCUT2D eigenvalue weighted by Gasteiger charge is 2.31. The molecule has 1 aliphatic rings. The third-order valence-electron chi connectivity index (χ3n) is 6.51. The van der Waals surface area contributed by atoms with Crippen molar-refractivity contribution in [2.75, 3.05) is 19.0 Å². The summed E-state index contributed by atoms with van der Waals surface area (Å²) in [5.74, 6) is 0.453. The number of anilines is 2. The van der Waals surface area contributed by atoms with Crippen LogP contribution >= 0.6 is 0 Å². The van der Waals surface area contributed by atoms with Gasteiger partial charge in [0.1, 0.15) is 17.2 Å². The summed E-state index contributed by atoms with van der Waals surface area (Å²) in [6.07, 6.45) is 4.42. The molecule has 0 spiro atoms. The fraction of sp³-hybridized carbons (Fsp3) is 0.345. The number of halogens is 1. The second kappa shape index (κ2) is 10.3. The molecule has 0 bridgehead atoms. The molecule has 198 valence electrons. The number of amides is 1. The topological polar surface area (TPSA) is 81.0 Å². The number of carbonyl (C=O) groups excluding carboxylic acids is 1. The zero-order valence-electron chi connectivity index (χ0n) is 22.1. The van der Waals surface area contributed by atoms with Crippen molar-refractivity contribution < 1.29 is 18.7 Å². The van der Waals surface area contributed by atoms with Crippen LogP contribution in [0.2, 0.25) is 0 Å². The number of hydrogen-bond donors (Lipinski definition) is 1. The van der Waals surface area contributed by atoms with Gasteiger partial charge in [-0.2, -0.15) is 4.98 Å². The lowest BCUT2D eigenvalue weighted by molar-refractivity contribution is 0.00951. The number of nitrogens with zero attached hydrogens (tertiary/aromatic N) is 4. The quantitative estimate of drug-likeness (QED) is 0.315. The van der Waals surface area contributed by atoms with Gasteiger partial charge in [-0.05, 0) is 82.0 Å². The maximum atomic E-state index is 14.8. The summed E-state index contributed by atoms with van der Waals surface area (Å²) < 4.78 is 27.2. The summed E-state index contributed by atoms with van der Waals surface area (Å²) in [6.45, 7) is 6.33. The van der Waals surface area contributed by atoms with Gasteiger partial charge in [0, 0.05) is 35.6 Å². The van der Waals surface area contributed by atoms with E-state index in [4.69, 9.17) is 9.47 Å². The molecule has 0 saturated carbocycles. The van der Waals surface area contributed by atoms with Crippen LogP contribution in [-0.4, -0.2) is 44.8 Å². The van der Waals surface area contributed by atoms with Crippen LogP contribution in [0.3, 0.4) is 0 Å². The first-order chi connectivity index (χ1) is 18.2. The monoisotopic (exact) mass is 517 g/mol. The van der Waals surface area contributed by atoms with Crippen molar-refractivity contribution in [3.8, 4) is 16.9 Å². The van der Waals surface area contributed by atoms with Crippen LogP contribution in [0.5, 0.6) is 5.75 Å². The zero-order valence-corrected chi connectivity index (χ0v) is 22.1. The molecule has 1 atom stereocenters. The molecule has 1 fully saturated rings. The van der Waals surface area contributed by atoms with Crippen LogP contribution in [0.25, 0.3) is 16.8 Å². The fourth-order valence-corrected chi connectivity index (χ4v) is 4.75. The van der Waals surface area contributed by atoms with Crippen LogP contribution in [0.15, 0.2) is 60.8 Å². The Morgan fingerprint density at radius 2 is 1.87 bits per heavy atom. The molecule has 9 heteroatoms. The molecule has 5 rings (SSSR count). The van der Waals surface area contributed by atoms with Gasteiger partial charge in [0.25, 0.3) is 0 Å². The Kier molecular flexibility index (Phi) is 6.93. The predicted octanol–water partition coefficient (Wildman–Crippen LogP) is 6.75. The fourth-order valence-electron chi connectivity index (χ4n) is 4.75. The smallest absolute Gasteiger partial charge is 0.410 e. The van der Waals surface area contributed by atoms with E-state index in [-0.39, 0.29) is 12.1 Å². The average Bonchev–Trinajstić information content (AvgIpc) is 3.31. The minimum absolute atomic E-state index is 0.0251. The number of carbonyl (C=O) groups is 1. The Balaban J connectivity index is 1.35. The van der Waals surface area contributed by atoms with Crippen LogP contribution in [0.1, 0.15) is 51.6 Å². The number of ether oxygens (including phenoxy) is 2. The molecule has 38 heavy (non-hydrogen) atoms. The number of likely N-dealkylation sites (tertiary alicyclic amines) is 1. The molecule has 1 unspecified atom stereocenters. The lowest BCUT2D eigenvalue weighted by atomic mass is 9.95. The molecule has 0 aliphatic carbocycles. The number of fused-ring (bicyclic) bond motifs is 1. The molecule has 8 nitrogen and oxygen atoms in total. The largest absolute Gasteiger partial charge is 0.497 e. The third kappa shape index (κ3) is 5.41. The van der Waals surface area contributed by atoms with Crippen molar-refractivity contribution in [2.45, 2.75) is 51.7 Å². The summed E-state index contributed by atoms with van der Waals surface area (Å²) in [4.78, 5) is 19.3. The van der Waals surface area contributed by atoms with E-state index in [1.165, 1.54) is 13.2 Å². The van der Waals surface area contributed by atoms with Gasteiger partial charge in [0.15, 0.2) is 5.65 Å². The van der Waals surface area contributed by atoms with Crippen molar-refractivity contribution in [2.24, 2.45) is 0 Å². The van der Waals surface area contributed by atoms with E-state index in [1.54, 1.807) is 28.9 Å². The SMILES string of the molecule is COc1ccc(-c2cccn3nc(Nc4ccc(C5CCCCN5C(=O)OC(C)(C)C)cc4)nc23)c(F)c1. The highest BCUT2D eigenvalue weighted by molar-refractivity contribution is 5.79. The number of aromatic nitrogens is 3. The number of piperidine rings is 1. The highest BCUT2D eigenvalue weighted by atomic mass is 19.1. The first kappa shape index (κ1) is 25.5. The minimum Gasteiger partial charge on any atom is -0.497 e. The Morgan fingerprint density at radius 3 is 2.58 bits per heavy atom. The zero-order chi connectivity index (χ0) is 26.9. The highest BCUT2D eigenvalue weighted by Crippen LogP contribution is 2.33. The third-order valence-corrected chi connectivity index (χ3v) is 6.51. The number of pyridine rings is 1. The van der Waals surface area contributed by atoms with Crippen LogP contribution in [0, 0.1) is 5.82 Å². The lowest BCUT2D eigenvalue weighted by Crippen LogP contribution is -2.41. The number of rotatable bonds is 5. The van der Waals surface area contributed by atoms with Gasteiger partial charge < -0.3 is 19.7 Å². The summed E-state index contributed by atoms with van der Waals surface area (Å²) in [5.41, 5.74) is 2.91. The van der Waals surface area contributed by atoms with Gasteiger partial charge in [-0.1, -0.05) is 12.1 Å². The van der Waals surface area contributed by atoms with Gasteiger partial charge in [0.05, 0.1) is 13.2 Å². The Labute approximate surface area is 221 Å². The van der Waals surface area contributed by atoms with Crippen molar-refractivity contribution >= 4 is 23.4 Å². The van der Waals surface area contributed by atoms with E-state index in [9.17, 15) is 9.18 Å². The lowest BCUT2D eigenvalue weighted by Gasteiger charge is -2.37. The maximum absolute atomic E-state index is 14.8. The first-order valence-corrected chi connectivity index (χ1v) is 12.8. The molecule has 1 saturated heterocycles. The number of nitrogens with one attached hydrogen (secondary N) is 1. The van der Waals surface area contributed by atoms with Gasteiger partial charge >= 0.3 is 6.09 Å². The minimum atomic E-state index is -0.535. The van der Waals surface area contributed by atoms with E-state index < -0.39 is 11.4 Å². The Bertz CT molecular complexity index is 1450. The van der Waals surface area contributed by atoms with Crippen molar-refractivity contribution in [3.05, 3.63) is 72.2 Å². The first-order valence-electron chi connectivity index (χ1n) is 12.8. The van der Waals surface area contributed by atoms with Gasteiger partial charge in [-0.25, -0.2) is 13.7 Å². The van der Waals surface area contributed by atoms with Crippen molar-refractivity contribution in [1.82, 2.24) is 19.5 Å². The molecule has 2 aromatic heterocycles. The van der Waals surface area contributed by atoms with E-state index in [0.29, 0.717) is 35.0 Å². The molecule has 3 heterocycles. The van der Waals surface area contributed by atoms with Gasteiger partial charge in [-0.15, -0.1) is 5.10 Å². The molecule has 1 amide bonds. The number of hydrogen-bond acceptors (Lipinski definition) is 6. The Hall–Kier alpha value is -4.14.